The highest BCUT2D eigenvalue weighted by Crippen LogP contribution is 2.01. The van der Waals surface area contributed by atoms with Crippen molar-refractivity contribution in [1.82, 2.24) is 10.6 Å². The lowest BCUT2D eigenvalue weighted by molar-refractivity contribution is -0.172. The number of carbonyl (C=O) groups excluding carboxylic acids is 3. The Kier molecular flexibility index (Phi) is 11.7. The molecule has 0 spiro atoms. The van der Waals surface area contributed by atoms with E-state index in [1.165, 1.54) is 13.8 Å². The molecule has 26 heavy (non-hydrogen) atoms. The number of ether oxygens (including phenoxy) is 4. The summed E-state index contributed by atoms with van der Waals surface area (Å²) in [4.78, 5) is 34.9. The average Bonchev–Trinajstić information content (AvgIpc) is 2.57. The highest BCUT2D eigenvalue weighted by molar-refractivity contribution is 5.87. The van der Waals surface area contributed by atoms with Crippen molar-refractivity contribution in [3.05, 3.63) is 24.3 Å². The summed E-state index contributed by atoms with van der Waals surface area (Å²) in [5, 5.41) is 4.98. The monoisotopic (exact) mass is 372 g/mol. The minimum atomic E-state index is -0.945. The van der Waals surface area contributed by atoms with Crippen LogP contribution >= 0.6 is 0 Å². The summed E-state index contributed by atoms with van der Waals surface area (Å²) >= 11 is 0. The van der Waals surface area contributed by atoms with Crippen molar-refractivity contribution in [2.45, 2.75) is 40.3 Å². The van der Waals surface area contributed by atoms with Gasteiger partial charge in [0.1, 0.15) is 0 Å². The molecule has 0 radical (unpaired) electrons. The minimum absolute atomic E-state index is 0.0659. The van der Waals surface area contributed by atoms with Gasteiger partial charge in [0.25, 0.3) is 0 Å². The van der Waals surface area contributed by atoms with Crippen molar-refractivity contribution < 1.29 is 33.3 Å². The second-order valence-electron chi connectivity index (χ2n) is 5.23. The SMILES string of the molecule is C=C(C)C(=O)OC(CNC(=O)NCC(OCC)OC(=O)C(=C)C)OCC. The van der Waals surface area contributed by atoms with Gasteiger partial charge in [0.15, 0.2) is 0 Å². The summed E-state index contributed by atoms with van der Waals surface area (Å²) in [6.45, 7) is 13.9. The van der Waals surface area contributed by atoms with Crippen LogP contribution in [0, 0.1) is 0 Å². The summed E-state index contributed by atoms with van der Waals surface area (Å²) in [6.07, 6.45) is -1.89. The Morgan fingerprint density at radius 3 is 1.42 bits per heavy atom. The molecule has 2 N–H and O–H groups in total. The molecule has 0 rings (SSSR count). The smallest absolute Gasteiger partial charge is 0.335 e. The van der Waals surface area contributed by atoms with E-state index in [1.807, 2.05) is 0 Å². The third kappa shape index (κ3) is 10.5. The van der Waals surface area contributed by atoms with Crippen LogP contribution in [0.4, 0.5) is 4.79 Å². The number of hydrogen-bond acceptors (Lipinski definition) is 7. The van der Waals surface area contributed by atoms with Gasteiger partial charge in [0.05, 0.1) is 13.1 Å². The van der Waals surface area contributed by atoms with Crippen molar-refractivity contribution >= 4 is 18.0 Å². The highest BCUT2D eigenvalue weighted by atomic mass is 16.7. The zero-order chi connectivity index (χ0) is 20.1. The van der Waals surface area contributed by atoms with E-state index in [1.54, 1.807) is 13.8 Å². The predicted octanol–water partition coefficient (Wildman–Crippen LogP) is 1.25. The molecule has 0 aromatic carbocycles. The second kappa shape index (κ2) is 12.9. The first-order valence-electron chi connectivity index (χ1n) is 8.19. The van der Waals surface area contributed by atoms with Gasteiger partial charge in [-0.1, -0.05) is 13.2 Å². The molecular formula is C17H28N2O7. The minimum Gasteiger partial charge on any atom is -0.430 e. The van der Waals surface area contributed by atoms with Gasteiger partial charge in [-0.25, -0.2) is 14.4 Å². The number of amides is 2. The van der Waals surface area contributed by atoms with E-state index >= 15 is 0 Å². The molecule has 2 unspecified atom stereocenters. The first-order chi connectivity index (χ1) is 12.2. The van der Waals surface area contributed by atoms with Crippen LogP contribution in [0.25, 0.3) is 0 Å². The Balaban J connectivity index is 4.42. The lowest BCUT2D eigenvalue weighted by Crippen LogP contribution is -2.45. The predicted molar refractivity (Wildman–Crippen MR) is 94.0 cm³/mol. The Hall–Kier alpha value is -2.39. The largest absolute Gasteiger partial charge is 0.430 e. The normalized spacial score (nSPS) is 12.5. The molecule has 2 amide bonds. The van der Waals surface area contributed by atoms with Gasteiger partial charge in [-0.05, 0) is 27.7 Å². The number of nitrogens with one attached hydrogen (secondary N) is 2. The summed E-state index contributed by atoms with van der Waals surface area (Å²) in [5.41, 5.74) is 0.441. The van der Waals surface area contributed by atoms with Gasteiger partial charge in [0, 0.05) is 24.4 Å². The van der Waals surface area contributed by atoms with Crippen LogP contribution in [-0.2, 0) is 28.5 Å². The maximum absolute atomic E-state index is 11.9. The van der Waals surface area contributed by atoms with Crippen LogP contribution in [0.1, 0.15) is 27.7 Å². The maximum atomic E-state index is 11.9. The molecule has 0 aliphatic carbocycles. The topological polar surface area (TPSA) is 112 Å². The maximum Gasteiger partial charge on any atom is 0.335 e. The Labute approximate surface area is 153 Å². The van der Waals surface area contributed by atoms with E-state index in [0.717, 1.165) is 0 Å². The Morgan fingerprint density at radius 1 is 0.808 bits per heavy atom. The third-order valence-electron chi connectivity index (χ3n) is 2.74. The van der Waals surface area contributed by atoms with E-state index < -0.39 is 30.5 Å². The van der Waals surface area contributed by atoms with Crippen molar-refractivity contribution in [3.63, 3.8) is 0 Å². The van der Waals surface area contributed by atoms with Gasteiger partial charge in [0.2, 0.25) is 12.6 Å². The molecular weight excluding hydrogens is 344 g/mol. The average molecular weight is 372 g/mol. The Bertz CT molecular complexity index is 475. The fourth-order valence-electron chi connectivity index (χ4n) is 1.50. The summed E-state index contributed by atoms with van der Waals surface area (Å²) in [5.74, 6) is -1.23. The third-order valence-corrected chi connectivity index (χ3v) is 2.74. The standard InChI is InChI=1S/C17H28N2O7/c1-7-23-13(25-15(20)11(3)4)9-18-17(22)19-10-14(24-8-2)26-16(21)12(5)6/h13-14H,3,5,7-10H2,1-2,4,6H3,(H2,18,19,22). The number of hydrogen-bond donors (Lipinski definition) is 2. The summed E-state index contributed by atoms with van der Waals surface area (Å²) < 4.78 is 20.5. The molecule has 0 saturated carbocycles. The molecule has 0 aliphatic rings. The van der Waals surface area contributed by atoms with Crippen LogP contribution in [0.5, 0.6) is 0 Å². The lowest BCUT2D eigenvalue weighted by atomic mass is 10.4. The summed E-state index contributed by atoms with van der Waals surface area (Å²) in [7, 11) is 0. The van der Waals surface area contributed by atoms with Gasteiger partial charge in [-0.15, -0.1) is 0 Å². The second-order valence-corrected chi connectivity index (χ2v) is 5.23. The molecule has 2 atom stereocenters. The van der Waals surface area contributed by atoms with Crippen LogP contribution < -0.4 is 10.6 Å². The van der Waals surface area contributed by atoms with Crippen LogP contribution in [-0.4, -0.2) is 56.9 Å². The fourth-order valence-corrected chi connectivity index (χ4v) is 1.50. The van der Waals surface area contributed by atoms with E-state index in [4.69, 9.17) is 18.9 Å². The zero-order valence-electron chi connectivity index (χ0n) is 15.8. The van der Waals surface area contributed by atoms with Crippen molar-refractivity contribution in [1.29, 1.82) is 0 Å². The van der Waals surface area contributed by atoms with E-state index in [0.29, 0.717) is 13.2 Å². The highest BCUT2D eigenvalue weighted by Gasteiger charge is 2.18. The Morgan fingerprint density at radius 2 is 1.15 bits per heavy atom. The number of urea groups is 1. The molecule has 0 aromatic heterocycles. The van der Waals surface area contributed by atoms with Crippen LogP contribution in [0.15, 0.2) is 24.3 Å². The molecule has 0 aromatic rings. The van der Waals surface area contributed by atoms with E-state index in [9.17, 15) is 14.4 Å². The molecule has 148 valence electrons. The van der Waals surface area contributed by atoms with Crippen LogP contribution in [0.2, 0.25) is 0 Å². The molecule has 0 saturated heterocycles. The first kappa shape index (κ1) is 23.6. The lowest BCUT2D eigenvalue weighted by Gasteiger charge is -2.20. The first-order valence-corrected chi connectivity index (χ1v) is 8.19. The van der Waals surface area contributed by atoms with Crippen LogP contribution in [0.3, 0.4) is 0 Å². The molecule has 9 heteroatoms. The molecule has 9 nitrogen and oxygen atoms in total. The number of carbonyl (C=O) groups is 3. The quantitative estimate of drug-likeness (QED) is 0.301. The van der Waals surface area contributed by atoms with Crippen molar-refractivity contribution in [3.8, 4) is 0 Å². The van der Waals surface area contributed by atoms with Gasteiger partial charge >= 0.3 is 18.0 Å². The van der Waals surface area contributed by atoms with Crippen molar-refractivity contribution in [2.75, 3.05) is 26.3 Å². The molecule has 0 bridgehead atoms. The summed E-state index contributed by atoms with van der Waals surface area (Å²) in [6, 6.07) is -0.572. The van der Waals surface area contributed by atoms with Gasteiger partial charge in [-0.2, -0.15) is 0 Å². The van der Waals surface area contributed by atoms with E-state index in [2.05, 4.69) is 23.8 Å². The van der Waals surface area contributed by atoms with Gasteiger partial charge < -0.3 is 29.6 Å². The molecule has 0 heterocycles. The zero-order valence-corrected chi connectivity index (χ0v) is 15.8. The molecule has 0 fully saturated rings. The number of esters is 2. The number of rotatable bonds is 12. The molecule has 0 aliphatic heterocycles. The fraction of sp³-hybridized carbons (Fsp3) is 0.588. The van der Waals surface area contributed by atoms with Crippen molar-refractivity contribution in [2.24, 2.45) is 0 Å². The van der Waals surface area contributed by atoms with E-state index in [-0.39, 0.29) is 24.2 Å². The van der Waals surface area contributed by atoms with Gasteiger partial charge in [-0.3, -0.25) is 0 Å².